The molecule has 0 aliphatic carbocycles. The molecule has 0 spiro atoms. The lowest BCUT2D eigenvalue weighted by molar-refractivity contribution is -0.115. The average molecular weight is 393 g/mol. The number of sulfonamides is 1. The number of halogens is 1. The molecule has 0 atom stereocenters. The van der Waals surface area contributed by atoms with Crippen molar-refractivity contribution in [2.75, 3.05) is 18.4 Å². The maximum Gasteiger partial charge on any atom is 0.243 e. The number of carbonyl (C=O) groups excluding carboxylic acids is 1. The first-order valence-electron chi connectivity index (χ1n) is 8.60. The Bertz CT molecular complexity index is 893. The second-order valence-corrected chi connectivity index (χ2v) is 8.65. The quantitative estimate of drug-likeness (QED) is 0.843. The highest BCUT2D eigenvalue weighted by Crippen LogP contribution is 2.23. The molecule has 5 nitrogen and oxygen atoms in total. The predicted octanol–water partition coefficient (Wildman–Crippen LogP) is 3.70. The third kappa shape index (κ3) is 4.44. The molecule has 3 rings (SSSR count). The lowest BCUT2D eigenvalue weighted by Gasteiger charge is -2.26. The fraction of sp³-hybridized carbons (Fsp3) is 0.316. The number of amides is 1. The van der Waals surface area contributed by atoms with Crippen molar-refractivity contribution in [3.8, 4) is 0 Å². The standard InChI is InChI=1S/C19H21ClN2O3S/c20-18-10-3-2-7-15(18)13-19(23)21-16-8-6-9-17(14-16)26(24,25)22-11-4-1-5-12-22/h2-3,6-10,14H,1,4-5,11-13H2,(H,21,23). The fourth-order valence-corrected chi connectivity index (χ4v) is 4.77. The van der Waals surface area contributed by atoms with Crippen LogP contribution in [0.1, 0.15) is 24.8 Å². The Kier molecular flexibility index (Phi) is 5.96. The van der Waals surface area contributed by atoms with Crippen LogP contribution in [-0.2, 0) is 21.2 Å². The van der Waals surface area contributed by atoms with E-state index >= 15 is 0 Å². The Morgan fingerprint density at radius 2 is 1.77 bits per heavy atom. The lowest BCUT2D eigenvalue weighted by Crippen LogP contribution is -2.35. The first kappa shape index (κ1) is 18.9. The van der Waals surface area contributed by atoms with Gasteiger partial charge in [-0.25, -0.2) is 8.42 Å². The van der Waals surface area contributed by atoms with Crippen molar-refractivity contribution in [1.29, 1.82) is 0 Å². The van der Waals surface area contributed by atoms with Crippen molar-refractivity contribution >= 4 is 33.2 Å². The molecule has 0 bridgehead atoms. The summed E-state index contributed by atoms with van der Waals surface area (Å²) in [7, 11) is -3.53. The third-order valence-corrected chi connectivity index (χ3v) is 6.64. The van der Waals surface area contributed by atoms with Gasteiger partial charge in [-0.15, -0.1) is 0 Å². The van der Waals surface area contributed by atoms with E-state index in [1.807, 2.05) is 6.07 Å². The zero-order valence-electron chi connectivity index (χ0n) is 14.3. The van der Waals surface area contributed by atoms with Crippen molar-refractivity contribution < 1.29 is 13.2 Å². The molecule has 138 valence electrons. The predicted molar refractivity (Wildman–Crippen MR) is 103 cm³/mol. The highest BCUT2D eigenvalue weighted by Gasteiger charge is 2.26. The van der Waals surface area contributed by atoms with Gasteiger partial charge in [0, 0.05) is 23.8 Å². The van der Waals surface area contributed by atoms with Crippen LogP contribution in [-0.4, -0.2) is 31.7 Å². The molecule has 2 aromatic rings. The number of nitrogens with zero attached hydrogens (tertiary/aromatic N) is 1. The van der Waals surface area contributed by atoms with E-state index < -0.39 is 10.0 Å². The van der Waals surface area contributed by atoms with E-state index in [2.05, 4.69) is 5.32 Å². The first-order valence-corrected chi connectivity index (χ1v) is 10.4. The third-order valence-electron chi connectivity index (χ3n) is 4.38. The molecule has 1 heterocycles. The Labute approximate surface area is 159 Å². The summed E-state index contributed by atoms with van der Waals surface area (Å²) in [5.41, 5.74) is 1.18. The first-order chi connectivity index (χ1) is 12.5. The fourth-order valence-electron chi connectivity index (χ4n) is 3.01. The molecule has 1 amide bonds. The summed E-state index contributed by atoms with van der Waals surface area (Å²) in [6.07, 6.45) is 2.95. The second kappa shape index (κ2) is 8.20. The van der Waals surface area contributed by atoms with Crippen molar-refractivity contribution in [2.24, 2.45) is 0 Å². The van der Waals surface area contributed by atoms with E-state index in [0.717, 1.165) is 24.8 Å². The largest absolute Gasteiger partial charge is 0.326 e. The van der Waals surface area contributed by atoms with Crippen LogP contribution in [0.2, 0.25) is 5.02 Å². The average Bonchev–Trinajstić information content (AvgIpc) is 2.64. The van der Waals surface area contributed by atoms with E-state index in [1.54, 1.807) is 36.4 Å². The van der Waals surface area contributed by atoms with Crippen LogP contribution in [0.25, 0.3) is 0 Å². The number of piperidine rings is 1. The molecule has 0 aromatic heterocycles. The van der Waals surface area contributed by atoms with Crippen molar-refractivity contribution in [3.05, 3.63) is 59.1 Å². The topological polar surface area (TPSA) is 66.5 Å². The highest BCUT2D eigenvalue weighted by atomic mass is 35.5. The molecule has 26 heavy (non-hydrogen) atoms. The molecule has 1 fully saturated rings. The molecular weight excluding hydrogens is 372 g/mol. The van der Waals surface area contributed by atoms with E-state index in [1.165, 1.54) is 10.4 Å². The second-order valence-electron chi connectivity index (χ2n) is 6.31. The SMILES string of the molecule is O=C(Cc1ccccc1Cl)Nc1cccc(S(=O)(=O)N2CCCCC2)c1. The van der Waals surface area contributed by atoms with Gasteiger partial charge in [0.25, 0.3) is 0 Å². The van der Waals surface area contributed by atoms with E-state index in [0.29, 0.717) is 23.8 Å². The summed E-state index contributed by atoms with van der Waals surface area (Å²) < 4.78 is 27.0. The normalized spacial score (nSPS) is 15.6. The van der Waals surface area contributed by atoms with Crippen LogP contribution < -0.4 is 5.32 Å². The van der Waals surface area contributed by atoms with Gasteiger partial charge in [-0.2, -0.15) is 4.31 Å². The van der Waals surface area contributed by atoms with Crippen molar-refractivity contribution in [3.63, 3.8) is 0 Å². The summed E-state index contributed by atoms with van der Waals surface area (Å²) in [5.74, 6) is -0.245. The van der Waals surface area contributed by atoms with E-state index in [-0.39, 0.29) is 17.2 Å². The summed E-state index contributed by atoms with van der Waals surface area (Å²) in [5, 5.41) is 3.28. The number of nitrogens with one attached hydrogen (secondary N) is 1. The van der Waals surface area contributed by atoms with Gasteiger partial charge < -0.3 is 5.32 Å². The van der Waals surface area contributed by atoms with Crippen LogP contribution in [0, 0.1) is 0 Å². The molecule has 7 heteroatoms. The van der Waals surface area contributed by atoms with Crippen LogP contribution in [0.15, 0.2) is 53.4 Å². The van der Waals surface area contributed by atoms with E-state index in [4.69, 9.17) is 11.6 Å². The number of anilines is 1. The number of carbonyl (C=O) groups is 1. The Morgan fingerprint density at radius 1 is 1.04 bits per heavy atom. The van der Waals surface area contributed by atoms with Gasteiger partial charge in [0.05, 0.1) is 11.3 Å². The van der Waals surface area contributed by atoms with Gasteiger partial charge >= 0.3 is 0 Å². The number of benzene rings is 2. The molecule has 1 N–H and O–H groups in total. The Morgan fingerprint density at radius 3 is 2.50 bits per heavy atom. The number of rotatable bonds is 5. The Balaban J connectivity index is 1.73. The van der Waals surface area contributed by atoms with Crippen LogP contribution in [0.5, 0.6) is 0 Å². The van der Waals surface area contributed by atoms with Crippen molar-refractivity contribution in [2.45, 2.75) is 30.6 Å². The molecule has 0 saturated carbocycles. The number of hydrogen-bond donors (Lipinski definition) is 1. The Hall–Kier alpha value is -1.89. The molecule has 1 saturated heterocycles. The maximum absolute atomic E-state index is 12.8. The molecule has 1 aliphatic rings. The minimum absolute atomic E-state index is 0.128. The maximum atomic E-state index is 12.8. The van der Waals surface area contributed by atoms with Gasteiger partial charge in [0.15, 0.2) is 0 Å². The lowest BCUT2D eigenvalue weighted by atomic mass is 10.1. The minimum atomic E-state index is -3.53. The van der Waals surface area contributed by atoms with Gasteiger partial charge in [0.1, 0.15) is 0 Å². The van der Waals surface area contributed by atoms with Crippen LogP contribution >= 0.6 is 11.6 Å². The van der Waals surface area contributed by atoms with Crippen LogP contribution in [0.4, 0.5) is 5.69 Å². The summed E-state index contributed by atoms with van der Waals surface area (Å²) in [6.45, 7) is 1.09. The highest BCUT2D eigenvalue weighted by molar-refractivity contribution is 7.89. The van der Waals surface area contributed by atoms with Crippen LogP contribution in [0.3, 0.4) is 0 Å². The van der Waals surface area contributed by atoms with Gasteiger partial charge in [-0.3, -0.25) is 4.79 Å². The zero-order chi connectivity index (χ0) is 18.6. The molecule has 2 aromatic carbocycles. The minimum Gasteiger partial charge on any atom is -0.326 e. The summed E-state index contributed by atoms with van der Waals surface area (Å²) in [6, 6.07) is 13.5. The molecule has 0 unspecified atom stereocenters. The van der Waals surface area contributed by atoms with Gasteiger partial charge in [-0.05, 0) is 42.7 Å². The summed E-state index contributed by atoms with van der Waals surface area (Å²) in [4.78, 5) is 12.5. The summed E-state index contributed by atoms with van der Waals surface area (Å²) >= 11 is 6.08. The molecule has 0 radical (unpaired) electrons. The molecule has 1 aliphatic heterocycles. The molecular formula is C19H21ClN2O3S. The van der Waals surface area contributed by atoms with Crippen molar-refractivity contribution in [1.82, 2.24) is 4.31 Å². The van der Waals surface area contributed by atoms with Gasteiger partial charge in [-0.1, -0.05) is 42.3 Å². The zero-order valence-corrected chi connectivity index (χ0v) is 15.9. The monoisotopic (exact) mass is 392 g/mol. The number of hydrogen-bond acceptors (Lipinski definition) is 3. The van der Waals surface area contributed by atoms with E-state index in [9.17, 15) is 13.2 Å². The van der Waals surface area contributed by atoms with Gasteiger partial charge in [0.2, 0.25) is 15.9 Å². The smallest absolute Gasteiger partial charge is 0.243 e.